The molecular weight excluding hydrogens is 190 g/mol. The summed E-state index contributed by atoms with van der Waals surface area (Å²) in [6.07, 6.45) is 4.53. The second-order valence-electron chi connectivity index (χ2n) is 2.22. The molecule has 1 aromatic rings. The molecule has 0 saturated heterocycles. The average molecular weight is 200 g/mol. The number of hydrogen-bond donors (Lipinski definition) is 1. The molecule has 0 amide bonds. The first-order valence-electron chi connectivity index (χ1n) is 3.80. The van der Waals surface area contributed by atoms with Crippen LogP contribution in [0.4, 0.5) is 5.82 Å². The highest BCUT2D eigenvalue weighted by Gasteiger charge is 1.98. The molecule has 1 heterocycles. The summed E-state index contributed by atoms with van der Waals surface area (Å²) in [6.45, 7) is 2.49. The lowest BCUT2D eigenvalue weighted by atomic mass is 10.4. The second-order valence-corrected chi connectivity index (χ2v) is 2.61. The Morgan fingerprint density at radius 1 is 1.69 bits per heavy atom. The highest BCUT2D eigenvalue weighted by molar-refractivity contribution is 6.29. The minimum Gasteiger partial charge on any atom is -0.501 e. The number of aromatic nitrogens is 2. The Kier molecular flexibility index (Phi) is 3.52. The molecule has 0 bridgehead atoms. The fraction of sp³-hybridized carbons (Fsp3) is 0.250. The molecule has 70 valence electrons. The van der Waals surface area contributed by atoms with Crippen molar-refractivity contribution < 1.29 is 4.74 Å². The molecule has 13 heavy (non-hydrogen) atoms. The summed E-state index contributed by atoms with van der Waals surface area (Å²) in [7, 11) is 0. The van der Waals surface area contributed by atoms with E-state index in [9.17, 15) is 0 Å². The molecule has 0 saturated carbocycles. The molecule has 0 fully saturated rings. The molecule has 0 aliphatic rings. The van der Waals surface area contributed by atoms with Gasteiger partial charge in [-0.1, -0.05) is 11.6 Å². The summed E-state index contributed by atoms with van der Waals surface area (Å²) in [6, 6.07) is 0. The van der Waals surface area contributed by atoms with Gasteiger partial charge in [0.2, 0.25) is 0 Å². The van der Waals surface area contributed by atoms with Crippen molar-refractivity contribution >= 4 is 23.5 Å². The number of hydrogen-bond acceptors (Lipinski definition) is 4. The van der Waals surface area contributed by atoms with Crippen molar-refractivity contribution in [3.05, 3.63) is 23.3 Å². The summed E-state index contributed by atoms with van der Waals surface area (Å²) in [5, 5.41) is 0.311. The number of ether oxygens (including phenoxy) is 1. The van der Waals surface area contributed by atoms with E-state index in [0.717, 1.165) is 0 Å². The van der Waals surface area contributed by atoms with E-state index in [2.05, 4.69) is 9.97 Å². The molecule has 0 atom stereocenters. The Morgan fingerprint density at radius 2 is 2.46 bits per heavy atom. The van der Waals surface area contributed by atoms with Gasteiger partial charge >= 0.3 is 0 Å². The van der Waals surface area contributed by atoms with Crippen LogP contribution in [0.3, 0.4) is 0 Å². The van der Waals surface area contributed by atoms with E-state index < -0.39 is 0 Å². The van der Waals surface area contributed by atoms with Crippen LogP contribution in [-0.2, 0) is 4.74 Å². The zero-order chi connectivity index (χ0) is 9.68. The maximum Gasteiger partial charge on any atom is 0.149 e. The Balaban J connectivity index is 2.81. The number of halogens is 1. The fourth-order valence-electron chi connectivity index (χ4n) is 0.722. The van der Waals surface area contributed by atoms with Gasteiger partial charge in [-0.2, -0.15) is 0 Å². The van der Waals surface area contributed by atoms with Crippen molar-refractivity contribution in [2.75, 3.05) is 12.3 Å². The van der Waals surface area contributed by atoms with E-state index in [4.69, 9.17) is 22.1 Å². The van der Waals surface area contributed by atoms with Gasteiger partial charge in [0, 0.05) is 6.08 Å². The van der Waals surface area contributed by atoms with Crippen LogP contribution in [0.25, 0.3) is 6.08 Å². The maximum atomic E-state index is 5.63. The highest BCUT2D eigenvalue weighted by Crippen LogP contribution is 2.11. The molecule has 1 aromatic heterocycles. The van der Waals surface area contributed by atoms with E-state index in [0.29, 0.717) is 23.3 Å². The summed E-state index contributed by atoms with van der Waals surface area (Å²) in [4.78, 5) is 7.79. The van der Waals surface area contributed by atoms with Crippen LogP contribution in [0.1, 0.15) is 12.6 Å². The van der Waals surface area contributed by atoms with Gasteiger partial charge in [-0.05, 0) is 6.92 Å². The smallest absolute Gasteiger partial charge is 0.149 e. The second kappa shape index (κ2) is 4.67. The minimum atomic E-state index is 0.311. The third-order valence-electron chi connectivity index (χ3n) is 1.29. The van der Waals surface area contributed by atoms with E-state index in [-0.39, 0.29) is 0 Å². The molecule has 1 rings (SSSR count). The van der Waals surface area contributed by atoms with E-state index in [1.807, 2.05) is 6.92 Å². The number of anilines is 1. The predicted molar refractivity (Wildman–Crippen MR) is 52.1 cm³/mol. The zero-order valence-corrected chi connectivity index (χ0v) is 7.95. The van der Waals surface area contributed by atoms with Crippen molar-refractivity contribution in [2.24, 2.45) is 0 Å². The topological polar surface area (TPSA) is 61.0 Å². The molecule has 2 N–H and O–H groups in total. The van der Waals surface area contributed by atoms with Gasteiger partial charge in [0.25, 0.3) is 0 Å². The quantitative estimate of drug-likeness (QED) is 0.753. The molecule has 0 unspecified atom stereocenters. The molecule has 0 aliphatic heterocycles. The first-order valence-corrected chi connectivity index (χ1v) is 4.18. The molecular formula is C8H10ClN3O. The van der Waals surface area contributed by atoms with Crippen molar-refractivity contribution in [1.82, 2.24) is 9.97 Å². The summed E-state index contributed by atoms with van der Waals surface area (Å²) < 4.78 is 4.99. The molecule has 0 aliphatic carbocycles. The highest BCUT2D eigenvalue weighted by atomic mass is 35.5. The lowest BCUT2D eigenvalue weighted by molar-refractivity contribution is 0.272. The van der Waals surface area contributed by atoms with Crippen LogP contribution in [0.2, 0.25) is 5.15 Å². The Bertz CT molecular complexity index is 314. The van der Waals surface area contributed by atoms with E-state index >= 15 is 0 Å². The largest absolute Gasteiger partial charge is 0.501 e. The Labute approximate surface area is 81.4 Å². The Hall–Kier alpha value is -1.29. The van der Waals surface area contributed by atoms with Crippen LogP contribution in [-0.4, -0.2) is 16.6 Å². The third-order valence-corrected chi connectivity index (χ3v) is 1.47. The van der Waals surface area contributed by atoms with Crippen LogP contribution >= 0.6 is 11.6 Å². The maximum absolute atomic E-state index is 5.63. The molecule has 5 heteroatoms. The van der Waals surface area contributed by atoms with Crippen molar-refractivity contribution in [3.63, 3.8) is 0 Å². The van der Waals surface area contributed by atoms with Gasteiger partial charge in [0.15, 0.2) is 0 Å². The summed E-state index contributed by atoms with van der Waals surface area (Å²) >= 11 is 5.63. The van der Waals surface area contributed by atoms with Crippen molar-refractivity contribution in [3.8, 4) is 0 Å². The van der Waals surface area contributed by atoms with Crippen LogP contribution in [0, 0.1) is 0 Å². The van der Waals surface area contributed by atoms with Crippen molar-refractivity contribution in [1.29, 1.82) is 0 Å². The number of nitrogens with two attached hydrogens (primary N) is 1. The van der Waals surface area contributed by atoms with Gasteiger partial charge in [-0.25, -0.2) is 9.97 Å². The molecule has 0 spiro atoms. The van der Waals surface area contributed by atoms with Crippen molar-refractivity contribution in [2.45, 2.75) is 6.92 Å². The predicted octanol–water partition coefficient (Wildman–Crippen LogP) is 1.72. The fourth-order valence-corrected chi connectivity index (χ4v) is 0.861. The van der Waals surface area contributed by atoms with Gasteiger partial charge in [-0.15, -0.1) is 0 Å². The first kappa shape index (κ1) is 9.80. The lowest BCUT2D eigenvalue weighted by Crippen LogP contribution is -1.96. The molecule has 0 aromatic carbocycles. The average Bonchev–Trinajstić information content (AvgIpc) is 2.11. The zero-order valence-electron chi connectivity index (χ0n) is 7.20. The summed E-state index contributed by atoms with van der Waals surface area (Å²) in [5.41, 5.74) is 6.05. The summed E-state index contributed by atoms with van der Waals surface area (Å²) in [5.74, 6) is 0.334. The Morgan fingerprint density at radius 3 is 3.15 bits per heavy atom. The van der Waals surface area contributed by atoms with Crippen LogP contribution < -0.4 is 5.73 Å². The van der Waals surface area contributed by atoms with E-state index in [1.165, 1.54) is 12.5 Å². The third kappa shape index (κ3) is 2.91. The van der Waals surface area contributed by atoms with E-state index in [1.54, 1.807) is 6.08 Å². The normalized spacial score (nSPS) is 10.6. The van der Waals surface area contributed by atoms with Gasteiger partial charge < -0.3 is 10.5 Å². The minimum absolute atomic E-state index is 0.311. The standard InChI is InChI=1S/C8H10ClN3O/c1-2-13-4-3-6-8(10)11-5-7(9)12-6/h3-5H,2H2,1H3,(H2,10,11). The first-order chi connectivity index (χ1) is 6.24. The molecule has 0 radical (unpaired) electrons. The van der Waals surface area contributed by atoms with Gasteiger partial charge in [-0.3, -0.25) is 0 Å². The number of nitrogen functional groups attached to an aromatic ring is 1. The number of nitrogens with zero attached hydrogens (tertiary/aromatic N) is 2. The van der Waals surface area contributed by atoms with Gasteiger partial charge in [0.05, 0.1) is 19.1 Å². The SMILES string of the molecule is CCOC=Cc1nc(Cl)cnc1N. The van der Waals surface area contributed by atoms with Crippen LogP contribution in [0.15, 0.2) is 12.5 Å². The number of rotatable bonds is 3. The lowest BCUT2D eigenvalue weighted by Gasteiger charge is -1.98. The van der Waals surface area contributed by atoms with Gasteiger partial charge in [0.1, 0.15) is 16.7 Å². The molecule has 4 nitrogen and oxygen atoms in total. The van der Waals surface area contributed by atoms with Crippen LogP contribution in [0.5, 0.6) is 0 Å². The monoisotopic (exact) mass is 199 g/mol.